The van der Waals surface area contributed by atoms with Gasteiger partial charge in [0.05, 0.1) is 6.20 Å². The van der Waals surface area contributed by atoms with Gasteiger partial charge in [0.2, 0.25) is 0 Å². The summed E-state index contributed by atoms with van der Waals surface area (Å²) in [5.74, 6) is 0. The van der Waals surface area contributed by atoms with Crippen molar-refractivity contribution >= 4 is 0 Å². The number of nitrogens with zero attached hydrogens (tertiary/aromatic N) is 2. The van der Waals surface area contributed by atoms with Gasteiger partial charge in [0.25, 0.3) is 0 Å². The molecule has 0 aliphatic rings. The third kappa shape index (κ3) is 0.813. The standard InChI is InChI=1S/C2H2N2O.H3N/c1-2-5-4-3-1;/h1-2H;1H3. The van der Waals surface area contributed by atoms with Crippen molar-refractivity contribution in [2.45, 2.75) is 0 Å². The Bertz CT molecular complexity index is 65.3. The van der Waals surface area contributed by atoms with Crippen LogP contribution in [0.2, 0.25) is 0 Å². The Kier molecular flexibility index (Phi) is 1.99. The van der Waals surface area contributed by atoms with Gasteiger partial charge in [0.15, 0.2) is 0 Å². The molecule has 0 aromatic carbocycles. The summed E-state index contributed by atoms with van der Waals surface area (Å²) >= 11 is 0. The molecule has 1 heterocycles. The second kappa shape index (κ2) is 2.34. The fraction of sp³-hybridized carbons (Fsp3) is 0. The molecule has 1 aromatic heterocycles. The summed E-state index contributed by atoms with van der Waals surface area (Å²) in [6.45, 7) is 0. The number of hydrogen-bond donors (Lipinski definition) is 1. The smallest absolute Gasteiger partial charge is 0.144 e. The minimum atomic E-state index is 0. The lowest BCUT2D eigenvalue weighted by atomic mass is 11.0. The van der Waals surface area contributed by atoms with Crippen LogP contribution >= 0.6 is 0 Å². The van der Waals surface area contributed by atoms with Crippen molar-refractivity contribution < 1.29 is 4.52 Å². The summed E-state index contributed by atoms with van der Waals surface area (Å²) in [6, 6.07) is 0. The average Bonchev–Trinajstić information content (AvgIpc) is 1.76. The third-order valence-corrected chi connectivity index (χ3v) is 0.283. The van der Waals surface area contributed by atoms with E-state index in [1.165, 1.54) is 12.5 Å². The van der Waals surface area contributed by atoms with E-state index in [1.807, 2.05) is 0 Å². The lowest BCUT2D eigenvalue weighted by Crippen LogP contribution is -1.53. The van der Waals surface area contributed by atoms with Crippen molar-refractivity contribution in [3.8, 4) is 0 Å². The highest BCUT2D eigenvalue weighted by molar-refractivity contribution is 4.48. The van der Waals surface area contributed by atoms with Gasteiger partial charge in [0, 0.05) is 5.27 Å². The van der Waals surface area contributed by atoms with E-state index >= 15 is 0 Å². The topological polar surface area (TPSA) is 73.9 Å². The van der Waals surface area contributed by atoms with E-state index in [1.54, 1.807) is 0 Å². The highest BCUT2D eigenvalue weighted by Crippen LogP contribution is 1.64. The summed E-state index contributed by atoms with van der Waals surface area (Å²) in [5.41, 5.74) is 0. The van der Waals surface area contributed by atoms with Crippen LogP contribution in [0.1, 0.15) is 0 Å². The van der Waals surface area contributed by atoms with Crippen molar-refractivity contribution in [3.63, 3.8) is 0 Å². The molecule has 0 aliphatic carbocycles. The zero-order chi connectivity index (χ0) is 3.54. The molecule has 4 nitrogen and oxygen atoms in total. The van der Waals surface area contributed by atoms with Gasteiger partial charge in [-0.15, -0.1) is 5.10 Å². The molecular weight excluding hydrogens is 82.0 g/mol. The van der Waals surface area contributed by atoms with Crippen molar-refractivity contribution in [3.05, 3.63) is 12.5 Å². The number of rotatable bonds is 0. The van der Waals surface area contributed by atoms with E-state index in [2.05, 4.69) is 14.9 Å². The van der Waals surface area contributed by atoms with Gasteiger partial charge in [-0.3, -0.25) is 0 Å². The van der Waals surface area contributed by atoms with Crippen LogP contribution in [0.25, 0.3) is 0 Å². The maximum absolute atomic E-state index is 4.22. The predicted octanol–water partition coefficient (Wildman–Crippen LogP) is 0.232. The van der Waals surface area contributed by atoms with E-state index in [9.17, 15) is 0 Å². The Labute approximate surface area is 34.7 Å². The van der Waals surface area contributed by atoms with Crippen LogP contribution in [0.5, 0.6) is 0 Å². The summed E-state index contributed by atoms with van der Waals surface area (Å²) in [7, 11) is 0. The van der Waals surface area contributed by atoms with E-state index in [-0.39, 0.29) is 6.15 Å². The van der Waals surface area contributed by atoms with Gasteiger partial charge >= 0.3 is 0 Å². The quantitative estimate of drug-likeness (QED) is 0.491. The second-order valence-electron chi connectivity index (χ2n) is 0.588. The van der Waals surface area contributed by atoms with Crippen molar-refractivity contribution in [2.75, 3.05) is 0 Å². The van der Waals surface area contributed by atoms with Gasteiger partial charge in [-0.25, -0.2) is 0 Å². The second-order valence-corrected chi connectivity index (χ2v) is 0.588. The summed E-state index contributed by atoms with van der Waals surface area (Å²) in [5, 5.41) is 6.40. The average molecular weight is 87.1 g/mol. The molecule has 4 heteroatoms. The molecule has 34 valence electrons. The number of hydrogen-bond acceptors (Lipinski definition) is 4. The first-order chi connectivity index (χ1) is 2.50. The molecule has 0 radical (unpaired) electrons. The third-order valence-electron chi connectivity index (χ3n) is 0.283. The molecule has 0 spiro atoms. The fourth-order valence-corrected chi connectivity index (χ4v) is 0.136. The van der Waals surface area contributed by atoms with Gasteiger partial charge in [-0.05, 0) is 0 Å². The van der Waals surface area contributed by atoms with Crippen molar-refractivity contribution in [1.29, 1.82) is 0 Å². The molecule has 0 unspecified atom stereocenters. The van der Waals surface area contributed by atoms with Gasteiger partial charge in [-0.1, -0.05) is 0 Å². The minimum absolute atomic E-state index is 0. The first-order valence-corrected chi connectivity index (χ1v) is 1.21. The Morgan fingerprint density at radius 3 is 2.50 bits per heavy atom. The molecule has 6 heavy (non-hydrogen) atoms. The maximum atomic E-state index is 4.22. The molecule has 0 bridgehead atoms. The van der Waals surface area contributed by atoms with Gasteiger partial charge < -0.3 is 10.7 Å². The molecule has 0 atom stereocenters. The Morgan fingerprint density at radius 2 is 2.33 bits per heavy atom. The zero-order valence-corrected chi connectivity index (χ0v) is 3.16. The molecule has 0 saturated carbocycles. The van der Waals surface area contributed by atoms with Crippen LogP contribution in [0.3, 0.4) is 0 Å². The predicted molar refractivity (Wildman–Crippen MR) is 19.3 cm³/mol. The minimum Gasteiger partial charge on any atom is -0.346 e. The van der Waals surface area contributed by atoms with E-state index in [0.29, 0.717) is 0 Å². The fourth-order valence-electron chi connectivity index (χ4n) is 0.136. The lowest BCUT2D eigenvalue weighted by molar-refractivity contribution is 0.393. The Morgan fingerprint density at radius 1 is 1.50 bits per heavy atom. The van der Waals surface area contributed by atoms with Crippen LogP contribution in [0, 0.1) is 0 Å². The molecule has 0 aliphatic heterocycles. The SMILES string of the molecule is N.c1conn1. The van der Waals surface area contributed by atoms with Crippen LogP contribution in [-0.2, 0) is 0 Å². The van der Waals surface area contributed by atoms with Crippen LogP contribution < -0.4 is 6.15 Å². The molecule has 0 fully saturated rings. The number of aromatic nitrogens is 2. The van der Waals surface area contributed by atoms with E-state index < -0.39 is 0 Å². The van der Waals surface area contributed by atoms with Crippen molar-refractivity contribution in [2.24, 2.45) is 0 Å². The van der Waals surface area contributed by atoms with Crippen LogP contribution in [0.15, 0.2) is 17.0 Å². The Hall–Kier alpha value is -0.900. The summed E-state index contributed by atoms with van der Waals surface area (Å²) in [4.78, 5) is 0. The maximum Gasteiger partial charge on any atom is 0.144 e. The highest BCUT2D eigenvalue weighted by atomic mass is 16.5. The molecule has 3 N–H and O–H groups in total. The molecule has 1 rings (SSSR count). The molecule has 1 aromatic rings. The zero-order valence-electron chi connectivity index (χ0n) is 3.16. The van der Waals surface area contributed by atoms with Crippen molar-refractivity contribution in [1.82, 2.24) is 16.5 Å². The lowest BCUT2D eigenvalue weighted by Gasteiger charge is -1.45. The highest BCUT2D eigenvalue weighted by Gasteiger charge is 1.61. The molecule has 0 amide bonds. The monoisotopic (exact) mass is 87.0 g/mol. The van der Waals surface area contributed by atoms with Gasteiger partial charge in [0.1, 0.15) is 6.26 Å². The van der Waals surface area contributed by atoms with Gasteiger partial charge in [-0.2, -0.15) is 0 Å². The molecule has 0 saturated heterocycles. The largest absolute Gasteiger partial charge is 0.346 e. The van der Waals surface area contributed by atoms with Crippen LogP contribution in [-0.4, -0.2) is 10.4 Å². The molecular formula is C2H5N3O. The normalized spacial score (nSPS) is 6.67. The summed E-state index contributed by atoms with van der Waals surface area (Å²) in [6.07, 6.45) is 2.88. The van der Waals surface area contributed by atoms with Crippen LogP contribution in [0.4, 0.5) is 0 Å². The van der Waals surface area contributed by atoms with E-state index in [0.717, 1.165) is 0 Å². The first kappa shape index (κ1) is 5.10. The Balaban J connectivity index is 0.000000250. The van der Waals surface area contributed by atoms with E-state index in [4.69, 9.17) is 0 Å². The first-order valence-electron chi connectivity index (χ1n) is 1.21. The summed E-state index contributed by atoms with van der Waals surface area (Å²) < 4.78 is 4.22.